The molecule has 67 heavy (non-hydrogen) atoms. The molecule has 11 heteroatoms. The molecule has 7 atom stereocenters. The average molecular weight is 935 g/mol. The largest absolute Gasteiger partial charge is 0.472 e. The van der Waals surface area contributed by atoms with E-state index in [1.807, 2.05) is 188 Å². The third-order valence-corrected chi connectivity index (χ3v) is 17.7. The molecule has 0 saturated heterocycles. The van der Waals surface area contributed by atoms with E-state index in [9.17, 15) is 9.46 Å². The number of phosphoric acid groups is 1. The number of rotatable bonds is 23. The minimum absolute atomic E-state index is 0.0389. The highest BCUT2D eigenvalue weighted by Crippen LogP contribution is 2.49. The SMILES string of the molecule is C[Si](CCOP(=O)(O)OC1[C@@H](OCc2ccccc2)[C@H](OCc2ccccc2)C(OCc2ccccc2)[C@H](OCc2ccccc2)[C@@H]1OCc1ccccc1)(c1ccccc1)c1ccccc1. The van der Waals surface area contributed by atoms with Crippen molar-refractivity contribution < 1.29 is 42.2 Å². The fourth-order valence-electron chi connectivity index (χ4n) is 8.64. The molecule has 0 aliphatic heterocycles. The van der Waals surface area contributed by atoms with Gasteiger partial charge in [-0.1, -0.05) is 229 Å². The molecule has 1 saturated carbocycles. The zero-order chi connectivity index (χ0) is 46.2. The standard InChI is InChI=1S/C56H59O9PSi/c1-67(49-33-19-7-20-34-49,50-35-21-8-22-36-50)38-37-64-66(57,58)65-56-54(62-42-47-29-15-5-16-30-47)52(60-40-45-25-11-3-12-26-45)51(59-39-44-23-9-2-10-24-44)53(61-41-46-27-13-4-14-28-46)55(56)63-43-48-31-17-6-18-32-48/h2-36,51-56H,37-43H2,1H3,(H,57,58)/t51?,52-,53+,54-,55-,56?/m0/s1. The van der Waals surface area contributed by atoms with Crippen LogP contribution in [0.3, 0.4) is 0 Å². The highest BCUT2D eigenvalue weighted by Gasteiger charge is 2.57. The molecule has 7 aromatic rings. The summed E-state index contributed by atoms with van der Waals surface area (Å²) in [6, 6.07) is 70.3. The fourth-order valence-corrected chi connectivity index (χ4v) is 13.0. The molecule has 0 amide bonds. The first-order valence-corrected chi connectivity index (χ1v) is 27.1. The van der Waals surface area contributed by atoms with Gasteiger partial charge in [0.2, 0.25) is 0 Å². The minimum Gasteiger partial charge on any atom is -0.368 e. The molecule has 0 heterocycles. The molecular formula is C56H59O9PSi. The summed E-state index contributed by atoms with van der Waals surface area (Å²) in [5.74, 6) is 0. The van der Waals surface area contributed by atoms with E-state index in [1.165, 1.54) is 10.4 Å². The topological polar surface area (TPSA) is 102 Å². The first-order chi connectivity index (χ1) is 32.8. The molecule has 0 aromatic heterocycles. The Morgan fingerprint density at radius 3 is 0.896 bits per heavy atom. The highest BCUT2D eigenvalue weighted by atomic mass is 31.2. The zero-order valence-electron chi connectivity index (χ0n) is 37.8. The molecule has 0 bridgehead atoms. The van der Waals surface area contributed by atoms with Crippen LogP contribution in [0, 0.1) is 0 Å². The van der Waals surface area contributed by atoms with Gasteiger partial charge in [0.15, 0.2) is 0 Å². The molecule has 1 aliphatic rings. The quantitative estimate of drug-likeness (QED) is 0.0496. The van der Waals surface area contributed by atoms with Crippen LogP contribution in [0.5, 0.6) is 0 Å². The second kappa shape index (κ2) is 24.1. The smallest absolute Gasteiger partial charge is 0.368 e. The van der Waals surface area contributed by atoms with Crippen molar-refractivity contribution in [2.45, 2.75) is 82.2 Å². The summed E-state index contributed by atoms with van der Waals surface area (Å²) in [6.45, 7) is 3.08. The van der Waals surface area contributed by atoms with Crippen LogP contribution < -0.4 is 10.4 Å². The van der Waals surface area contributed by atoms with Gasteiger partial charge in [-0.3, -0.25) is 9.05 Å². The molecule has 0 spiro atoms. The Kier molecular flexibility index (Phi) is 17.3. The van der Waals surface area contributed by atoms with E-state index in [0.717, 1.165) is 27.8 Å². The fraction of sp³-hybridized carbons (Fsp3) is 0.250. The molecule has 8 rings (SSSR count). The van der Waals surface area contributed by atoms with Crippen LogP contribution in [0.2, 0.25) is 12.6 Å². The van der Waals surface area contributed by atoms with Crippen LogP contribution in [-0.2, 0) is 70.3 Å². The van der Waals surface area contributed by atoms with Crippen molar-refractivity contribution in [3.05, 3.63) is 240 Å². The molecule has 0 radical (unpaired) electrons. The van der Waals surface area contributed by atoms with Crippen LogP contribution >= 0.6 is 7.82 Å². The Hall–Kier alpha value is -5.33. The molecule has 1 aliphatic carbocycles. The summed E-state index contributed by atoms with van der Waals surface area (Å²) < 4.78 is 62.1. The van der Waals surface area contributed by atoms with Crippen molar-refractivity contribution in [2.24, 2.45) is 0 Å². The maximum absolute atomic E-state index is 14.7. The van der Waals surface area contributed by atoms with Gasteiger partial charge in [-0.15, -0.1) is 0 Å². The van der Waals surface area contributed by atoms with Crippen LogP contribution in [-0.4, -0.2) is 56.2 Å². The molecule has 1 fully saturated rings. The van der Waals surface area contributed by atoms with Crippen molar-refractivity contribution in [2.75, 3.05) is 6.61 Å². The van der Waals surface area contributed by atoms with Crippen molar-refractivity contribution >= 4 is 26.3 Å². The second-order valence-electron chi connectivity index (χ2n) is 17.0. The molecule has 9 nitrogen and oxygen atoms in total. The Bertz CT molecular complexity index is 2390. The lowest BCUT2D eigenvalue weighted by atomic mass is 9.83. The van der Waals surface area contributed by atoms with E-state index in [0.29, 0.717) is 6.04 Å². The first kappa shape index (κ1) is 48.1. The number of benzene rings is 7. The van der Waals surface area contributed by atoms with E-state index in [4.69, 9.17) is 32.7 Å². The Morgan fingerprint density at radius 2 is 0.627 bits per heavy atom. The minimum atomic E-state index is -4.88. The van der Waals surface area contributed by atoms with E-state index in [-0.39, 0.29) is 39.6 Å². The van der Waals surface area contributed by atoms with Gasteiger partial charge in [0, 0.05) is 0 Å². The molecule has 7 aromatic carbocycles. The van der Waals surface area contributed by atoms with Crippen LogP contribution in [0.4, 0.5) is 0 Å². The van der Waals surface area contributed by atoms with Crippen molar-refractivity contribution in [3.63, 3.8) is 0 Å². The normalized spacial score (nSPS) is 20.5. The summed E-state index contributed by atoms with van der Waals surface area (Å²) in [4.78, 5) is 12.0. The average Bonchev–Trinajstić information content (AvgIpc) is 3.38. The number of hydrogen-bond acceptors (Lipinski definition) is 8. The number of phosphoric ester groups is 1. The molecule has 1 N–H and O–H groups in total. The summed E-state index contributed by atoms with van der Waals surface area (Å²) in [5.41, 5.74) is 4.58. The van der Waals surface area contributed by atoms with E-state index < -0.39 is 52.5 Å². The third-order valence-electron chi connectivity index (χ3n) is 12.3. The Labute approximate surface area is 395 Å². The monoisotopic (exact) mass is 934 g/mol. The maximum atomic E-state index is 14.7. The summed E-state index contributed by atoms with van der Waals surface area (Å²) in [7, 11) is -7.33. The maximum Gasteiger partial charge on any atom is 0.472 e. The van der Waals surface area contributed by atoms with Gasteiger partial charge in [0.1, 0.15) is 44.7 Å². The second-order valence-corrected chi connectivity index (χ2v) is 22.7. The highest BCUT2D eigenvalue weighted by molar-refractivity contribution is 7.47. The summed E-state index contributed by atoms with van der Waals surface area (Å²) >= 11 is 0. The zero-order valence-corrected chi connectivity index (χ0v) is 39.7. The molecule has 346 valence electrons. The van der Waals surface area contributed by atoms with E-state index in [2.05, 4.69) is 30.8 Å². The number of hydrogen-bond donors (Lipinski definition) is 1. The summed E-state index contributed by atoms with van der Waals surface area (Å²) in [5, 5.41) is 2.38. The number of ether oxygens (including phenoxy) is 5. The Balaban J connectivity index is 1.18. The predicted octanol–water partition coefficient (Wildman–Crippen LogP) is 10.3. The van der Waals surface area contributed by atoms with E-state index in [1.54, 1.807) is 0 Å². The lowest BCUT2D eigenvalue weighted by Gasteiger charge is -2.49. The van der Waals surface area contributed by atoms with Gasteiger partial charge in [0.25, 0.3) is 0 Å². The van der Waals surface area contributed by atoms with Gasteiger partial charge < -0.3 is 28.6 Å². The van der Waals surface area contributed by atoms with Gasteiger partial charge in [-0.05, 0) is 33.9 Å². The van der Waals surface area contributed by atoms with Gasteiger partial charge >= 0.3 is 7.82 Å². The van der Waals surface area contributed by atoms with Crippen molar-refractivity contribution in [1.82, 2.24) is 0 Å². The van der Waals surface area contributed by atoms with E-state index >= 15 is 0 Å². The third kappa shape index (κ3) is 13.4. The predicted molar refractivity (Wildman–Crippen MR) is 264 cm³/mol. The molecular weight excluding hydrogens is 876 g/mol. The van der Waals surface area contributed by atoms with Gasteiger partial charge in [-0.2, -0.15) is 0 Å². The van der Waals surface area contributed by atoms with Gasteiger partial charge in [-0.25, -0.2) is 4.57 Å². The Morgan fingerprint density at radius 1 is 0.388 bits per heavy atom. The lowest BCUT2D eigenvalue weighted by Crippen LogP contribution is -2.67. The van der Waals surface area contributed by atoms with Crippen LogP contribution in [0.1, 0.15) is 27.8 Å². The first-order valence-electron chi connectivity index (χ1n) is 22.9. The lowest BCUT2D eigenvalue weighted by molar-refractivity contribution is -0.280. The van der Waals surface area contributed by atoms with Crippen molar-refractivity contribution in [1.29, 1.82) is 0 Å². The van der Waals surface area contributed by atoms with Crippen LogP contribution in [0.15, 0.2) is 212 Å². The van der Waals surface area contributed by atoms with Crippen molar-refractivity contribution in [3.8, 4) is 0 Å². The summed E-state index contributed by atoms with van der Waals surface area (Å²) in [6.07, 6.45) is -5.94. The van der Waals surface area contributed by atoms with Gasteiger partial charge in [0.05, 0.1) is 39.6 Å². The molecule has 3 unspecified atom stereocenters. The van der Waals surface area contributed by atoms with Crippen LogP contribution in [0.25, 0.3) is 0 Å².